The van der Waals surface area contributed by atoms with E-state index in [0.29, 0.717) is 49.3 Å². The van der Waals surface area contributed by atoms with Gasteiger partial charge in [0.25, 0.3) is 0 Å². The number of hydrogen-bond acceptors (Lipinski definition) is 6. The molecule has 3 aromatic carbocycles. The monoisotopic (exact) mass is 588 g/mol. The number of methoxy groups -OCH3 is 3. The Balaban J connectivity index is 1.75. The summed E-state index contributed by atoms with van der Waals surface area (Å²) in [5.41, 5.74) is 0.343. The third-order valence-electron chi connectivity index (χ3n) is 6.68. The lowest BCUT2D eigenvalue weighted by atomic mass is 9.99. The van der Waals surface area contributed by atoms with Crippen LogP contribution in [-0.2, 0) is 6.54 Å². The van der Waals surface area contributed by atoms with Crippen LogP contribution in [0.3, 0.4) is 0 Å². The fourth-order valence-electron chi connectivity index (χ4n) is 4.76. The third kappa shape index (κ3) is 5.56. The largest absolute Gasteiger partial charge is 0.493 e. The summed E-state index contributed by atoms with van der Waals surface area (Å²) in [6.45, 7) is 3.61. The van der Waals surface area contributed by atoms with E-state index in [1.165, 1.54) is 26.2 Å². The van der Waals surface area contributed by atoms with Gasteiger partial charge in [0.15, 0.2) is 17.7 Å². The van der Waals surface area contributed by atoms with Crippen LogP contribution in [0.5, 0.6) is 17.2 Å². The van der Waals surface area contributed by atoms with E-state index in [2.05, 4.69) is 5.32 Å². The molecular weight excluding hydrogens is 559 g/mol. The summed E-state index contributed by atoms with van der Waals surface area (Å²) in [4.78, 5) is 30.2. The molecule has 10 nitrogen and oxygen atoms in total. The standard InChI is InChI=1S/C28H30Cl2N4O6/c1-28(2)25(34(37)26(35)31-20-10-6-8-18(29)14-20)33(21-11-7-9-19(30)15-21)27(36)32(28)16-17-12-22(38-3)24(40-5)23(13-17)39-4/h6-15,25,37H,16H2,1-5H3,(H,31,35). The van der Waals surface area contributed by atoms with Gasteiger partial charge in [0, 0.05) is 28.0 Å². The molecule has 4 amide bonds. The lowest BCUT2D eigenvalue weighted by molar-refractivity contribution is -0.0954. The van der Waals surface area contributed by atoms with Crippen LogP contribution in [0.4, 0.5) is 21.0 Å². The third-order valence-corrected chi connectivity index (χ3v) is 7.15. The summed E-state index contributed by atoms with van der Waals surface area (Å²) in [6.07, 6.45) is -1.15. The highest BCUT2D eigenvalue weighted by Gasteiger charge is 2.56. The number of hydrogen-bond donors (Lipinski definition) is 2. The summed E-state index contributed by atoms with van der Waals surface area (Å²) in [5, 5.41) is 15.2. The minimum absolute atomic E-state index is 0.0971. The molecule has 1 aliphatic rings. The van der Waals surface area contributed by atoms with E-state index in [1.54, 1.807) is 79.4 Å². The minimum Gasteiger partial charge on any atom is -0.493 e. The molecule has 1 saturated heterocycles. The lowest BCUT2D eigenvalue weighted by Crippen LogP contribution is -2.58. The van der Waals surface area contributed by atoms with E-state index in [4.69, 9.17) is 37.4 Å². The Kier molecular flexibility index (Phi) is 8.53. The number of benzene rings is 3. The smallest absolute Gasteiger partial charge is 0.347 e. The summed E-state index contributed by atoms with van der Waals surface area (Å²) < 4.78 is 16.4. The van der Waals surface area contributed by atoms with Gasteiger partial charge in [-0.1, -0.05) is 35.3 Å². The predicted molar refractivity (Wildman–Crippen MR) is 153 cm³/mol. The van der Waals surface area contributed by atoms with Crippen LogP contribution >= 0.6 is 23.2 Å². The molecule has 0 saturated carbocycles. The maximum atomic E-state index is 14.0. The first-order chi connectivity index (χ1) is 19.0. The van der Waals surface area contributed by atoms with Crippen molar-refractivity contribution in [2.24, 2.45) is 0 Å². The maximum Gasteiger partial charge on any atom is 0.347 e. The molecule has 3 aromatic rings. The number of carbonyl (C=O) groups excluding carboxylic acids is 2. The molecular formula is C28H30Cl2N4O6. The molecule has 2 N–H and O–H groups in total. The topological polar surface area (TPSA) is 104 Å². The number of rotatable bonds is 8. The van der Waals surface area contributed by atoms with Gasteiger partial charge in [-0.3, -0.25) is 10.1 Å². The van der Waals surface area contributed by atoms with E-state index >= 15 is 0 Å². The number of amides is 4. The molecule has 4 rings (SSSR count). The first kappa shape index (κ1) is 29.1. The Morgan fingerprint density at radius 2 is 1.57 bits per heavy atom. The molecule has 40 heavy (non-hydrogen) atoms. The van der Waals surface area contributed by atoms with E-state index in [9.17, 15) is 14.8 Å². The molecule has 0 spiro atoms. The Bertz CT molecular complexity index is 1390. The zero-order valence-electron chi connectivity index (χ0n) is 22.6. The van der Waals surface area contributed by atoms with Crippen molar-refractivity contribution in [3.63, 3.8) is 0 Å². The second-order valence-corrected chi connectivity index (χ2v) is 10.4. The number of hydroxylamine groups is 2. The second kappa shape index (κ2) is 11.7. The number of urea groups is 2. The summed E-state index contributed by atoms with van der Waals surface area (Å²) in [6, 6.07) is 15.3. The van der Waals surface area contributed by atoms with Gasteiger partial charge in [-0.05, 0) is 67.9 Å². The van der Waals surface area contributed by atoms with Crippen molar-refractivity contribution in [1.82, 2.24) is 9.96 Å². The minimum atomic E-state index is -1.15. The van der Waals surface area contributed by atoms with Gasteiger partial charge in [0.05, 0.1) is 26.9 Å². The number of nitrogens with zero attached hydrogens (tertiary/aromatic N) is 3. The van der Waals surface area contributed by atoms with E-state index < -0.39 is 23.8 Å². The van der Waals surface area contributed by atoms with Crippen molar-refractivity contribution in [1.29, 1.82) is 0 Å². The first-order valence-electron chi connectivity index (χ1n) is 12.2. The SMILES string of the molecule is COc1cc(CN2C(=O)N(c3cccc(Cl)c3)C(N(O)C(=O)Nc3cccc(Cl)c3)C2(C)C)cc(OC)c1OC. The molecule has 0 bridgehead atoms. The van der Waals surface area contributed by atoms with Crippen LogP contribution in [0, 0.1) is 0 Å². The van der Waals surface area contributed by atoms with Gasteiger partial charge in [-0.2, -0.15) is 5.06 Å². The molecule has 212 valence electrons. The van der Waals surface area contributed by atoms with E-state index in [-0.39, 0.29) is 6.54 Å². The zero-order valence-corrected chi connectivity index (χ0v) is 24.2. The molecule has 0 radical (unpaired) electrons. The Morgan fingerprint density at radius 1 is 0.975 bits per heavy atom. The van der Waals surface area contributed by atoms with Crippen LogP contribution in [0.1, 0.15) is 19.4 Å². The number of carbonyl (C=O) groups is 2. The molecule has 12 heteroatoms. The van der Waals surface area contributed by atoms with E-state index in [0.717, 1.165) is 0 Å². The van der Waals surface area contributed by atoms with Gasteiger partial charge in [0.1, 0.15) is 0 Å². The van der Waals surface area contributed by atoms with Crippen LogP contribution < -0.4 is 24.4 Å². The van der Waals surface area contributed by atoms with Gasteiger partial charge in [-0.25, -0.2) is 9.59 Å². The predicted octanol–water partition coefficient (Wildman–Crippen LogP) is 6.49. The van der Waals surface area contributed by atoms with Crippen LogP contribution in [0.2, 0.25) is 10.0 Å². The summed E-state index contributed by atoms with van der Waals surface area (Å²) in [7, 11) is 4.51. The highest BCUT2D eigenvalue weighted by Crippen LogP contribution is 2.42. The summed E-state index contributed by atoms with van der Waals surface area (Å²) >= 11 is 12.3. The molecule has 0 aliphatic carbocycles. The van der Waals surface area contributed by atoms with Crippen molar-refractivity contribution >= 4 is 46.6 Å². The second-order valence-electron chi connectivity index (χ2n) is 9.56. The fourth-order valence-corrected chi connectivity index (χ4v) is 5.14. The molecule has 1 fully saturated rings. The van der Waals surface area contributed by atoms with Crippen LogP contribution in [0.15, 0.2) is 60.7 Å². The molecule has 1 aliphatic heterocycles. The van der Waals surface area contributed by atoms with Crippen molar-refractivity contribution < 1.29 is 29.0 Å². The number of halogens is 2. The van der Waals surface area contributed by atoms with Crippen molar-refractivity contribution in [3.05, 3.63) is 76.3 Å². The Morgan fingerprint density at radius 3 is 2.12 bits per heavy atom. The number of ether oxygens (including phenoxy) is 3. The van der Waals surface area contributed by atoms with Gasteiger partial charge >= 0.3 is 12.1 Å². The highest BCUT2D eigenvalue weighted by atomic mass is 35.5. The zero-order chi connectivity index (χ0) is 29.2. The fraction of sp³-hybridized carbons (Fsp3) is 0.286. The normalized spacial score (nSPS) is 16.1. The van der Waals surface area contributed by atoms with Gasteiger partial charge in [0.2, 0.25) is 5.75 Å². The van der Waals surface area contributed by atoms with Gasteiger partial charge in [-0.15, -0.1) is 0 Å². The van der Waals surface area contributed by atoms with Crippen molar-refractivity contribution in [2.45, 2.75) is 32.1 Å². The maximum absolute atomic E-state index is 14.0. The first-order valence-corrected chi connectivity index (χ1v) is 13.0. The number of anilines is 2. The van der Waals surface area contributed by atoms with Crippen molar-refractivity contribution in [2.75, 3.05) is 31.5 Å². The lowest BCUT2D eigenvalue weighted by Gasteiger charge is -2.38. The Hall–Kier alpha value is -3.86. The highest BCUT2D eigenvalue weighted by molar-refractivity contribution is 6.31. The van der Waals surface area contributed by atoms with Crippen molar-refractivity contribution in [3.8, 4) is 17.2 Å². The van der Waals surface area contributed by atoms with E-state index in [1.807, 2.05) is 0 Å². The Labute approximate surface area is 242 Å². The van der Waals surface area contributed by atoms with Crippen LogP contribution in [-0.4, -0.2) is 60.3 Å². The molecule has 1 heterocycles. The molecule has 0 aromatic heterocycles. The number of nitrogens with one attached hydrogen (secondary N) is 1. The molecule has 1 unspecified atom stereocenters. The quantitative estimate of drug-likeness (QED) is 0.230. The van der Waals surface area contributed by atoms with Gasteiger partial charge < -0.3 is 24.4 Å². The summed E-state index contributed by atoms with van der Waals surface area (Å²) in [5.74, 6) is 1.27. The average molecular weight is 589 g/mol. The average Bonchev–Trinajstić information content (AvgIpc) is 3.12. The van der Waals surface area contributed by atoms with Crippen LogP contribution in [0.25, 0.3) is 0 Å². The molecule has 1 atom stereocenters.